The highest BCUT2D eigenvalue weighted by atomic mass is 79.9. The summed E-state index contributed by atoms with van der Waals surface area (Å²) in [6.07, 6.45) is 0.881. The molecule has 2 fully saturated rings. The van der Waals surface area contributed by atoms with Crippen molar-refractivity contribution in [2.45, 2.75) is 31.5 Å². The molecule has 0 saturated carbocycles. The third kappa shape index (κ3) is 3.32. The minimum absolute atomic E-state index is 0.219. The van der Waals surface area contributed by atoms with Gasteiger partial charge in [0.1, 0.15) is 5.54 Å². The fraction of sp³-hybridized carbons (Fsp3) is 0.333. The normalized spacial score (nSPS) is 18.6. The van der Waals surface area contributed by atoms with Crippen LogP contribution in [0, 0.1) is 0 Å². The number of urea groups is 1. The first-order valence-electron chi connectivity index (χ1n) is 9.85. The van der Waals surface area contributed by atoms with Crippen LogP contribution in [-0.2, 0) is 17.9 Å². The Hall–Kier alpha value is -2.62. The van der Waals surface area contributed by atoms with E-state index >= 15 is 0 Å². The van der Waals surface area contributed by atoms with Gasteiger partial charge in [-0.3, -0.25) is 9.69 Å². The van der Waals surface area contributed by atoms with E-state index in [1.807, 2.05) is 42.5 Å². The van der Waals surface area contributed by atoms with E-state index in [2.05, 4.69) is 20.8 Å². The number of nitrogens with zero attached hydrogens (tertiary/aromatic N) is 3. The quantitative estimate of drug-likeness (QED) is 0.271. The molecule has 3 amide bonds. The number of hydrogen-bond acceptors (Lipinski definition) is 6. The molecule has 2 heterocycles. The summed E-state index contributed by atoms with van der Waals surface area (Å²) in [4.78, 5) is 29.5. The van der Waals surface area contributed by atoms with E-state index in [0.717, 1.165) is 26.3 Å². The second-order valence-electron chi connectivity index (χ2n) is 7.74. The van der Waals surface area contributed by atoms with Crippen molar-refractivity contribution in [2.24, 2.45) is 11.6 Å². The Labute approximate surface area is 183 Å². The highest BCUT2D eigenvalue weighted by Gasteiger charge is 2.57. The summed E-state index contributed by atoms with van der Waals surface area (Å²) < 4.78 is 0.870. The zero-order chi connectivity index (χ0) is 21.5. The van der Waals surface area contributed by atoms with Gasteiger partial charge in [-0.15, -0.1) is 0 Å². The van der Waals surface area contributed by atoms with E-state index < -0.39 is 11.6 Å². The third-order valence-electron chi connectivity index (χ3n) is 6.09. The number of nitrogens with two attached hydrogens (primary N) is 3. The number of hydrogen-bond donors (Lipinski definition) is 3. The molecule has 0 atom stereocenters. The molecule has 8 nitrogen and oxygen atoms in total. The van der Waals surface area contributed by atoms with E-state index in [0.29, 0.717) is 38.2 Å². The molecule has 9 heteroatoms. The lowest BCUT2D eigenvalue weighted by Gasteiger charge is -2.41. The molecule has 2 aliphatic heterocycles. The van der Waals surface area contributed by atoms with Gasteiger partial charge in [-0.05, 0) is 30.5 Å². The van der Waals surface area contributed by atoms with Crippen molar-refractivity contribution in [1.29, 1.82) is 0 Å². The van der Waals surface area contributed by atoms with E-state index in [4.69, 9.17) is 17.3 Å². The molecule has 2 aromatic rings. The molecule has 30 heavy (non-hydrogen) atoms. The van der Waals surface area contributed by atoms with Gasteiger partial charge in [0.2, 0.25) is 0 Å². The summed E-state index contributed by atoms with van der Waals surface area (Å²) in [6.45, 7) is 1.67. The van der Waals surface area contributed by atoms with Gasteiger partial charge in [-0.1, -0.05) is 46.3 Å². The first-order valence-corrected chi connectivity index (χ1v) is 10.6. The first-order chi connectivity index (χ1) is 14.4. The van der Waals surface area contributed by atoms with Gasteiger partial charge < -0.3 is 16.4 Å². The standard InChI is InChI=1S/C21H25BrN6O2/c22-15-10-17(24)16(12-23)18(11-15)26-8-6-21(7-9-26)19(29)27(20(30)28(21)25)13-14-4-2-1-3-5-14/h1-5,10-11H,6-9,12-13,23-25H2. The maximum absolute atomic E-state index is 13.3. The molecule has 1 spiro atoms. The number of anilines is 2. The summed E-state index contributed by atoms with van der Waals surface area (Å²) in [5, 5.41) is 1.13. The van der Waals surface area contributed by atoms with Crippen LogP contribution in [0.15, 0.2) is 46.9 Å². The van der Waals surface area contributed by atoms with Crippen LogP contribution in [0.4, 0.5) is 16.2 Å². The molecule has 0 aromatic heterocycles. The van der Waals surface area contributed by atoms with Crippen molar-refractivity contribution in [3.63, 3.8) is 0 Å². The summed E-state index contributed by atoms with van der Waals surface area (Å²) in [6, 6.07) is 12.8. The van der Waals surface area contributed by atoms with Crippen LogP contribution in [0.5, 0.6) is 0 Å². The Kier molecular flexibility index (Phi) is 5.44. The Morgan fingerprint density at radius 3 is 2.37 bits per heavy atom. The van der Waals surface area contributed by atoms with Crippen molar-refractivity contribution in [1.82, 2.24) is 9.91 Å². The van der Waals surface area contributed by atoms with Gasteiger partial charge in [-0.2, -0.15) is 0 Å². The van der Waals surface area contributed by atoms with Crippen LogP contribution in [0.2, 0.25) is 0 Å². The molecule has 0 unspecified atom stereocenters. The number of imide groups is 1. The predicted molar refractivity (Wildman–Crippen MR) is 119 cm³/mol. The topological polar surface area (TPSA) is 122 Å². The highest BCUT2D eigenvalue weighted by Crippen LogP contribution is 2.39. The van der Waals surface area contributed by atoms with Gasteiger partial charge >= 0.3 is 6.03 Å². The number of nitrogen functional groups attached to an aromatic ring is 1. The molecular weight excluding hydrogens is 448 g/mol. The summed E-state index contributed by atoms with van der Waals surface area (Å²) >= 11 is 3.49. The van der Waals surface area contributed by atoms with Crippen molar-refractivity contribution in [2.75, 3.05) is 23.7 Å². The molecule has 2 saturated heterocycles. The van der Waals surface area contributed by atoms with Crippen molar-refractivity contribution < 1.29 is 9.59 Å². The maximum atomic E-state index is 13.3. The molecule has 0 radical (unpaired) electrons. The number of benzene rings is 2. The minimum Gasteiger partial charge on any atom is -0.398 e. The Balaban J connectivity index is 1.55. The van der Waals surface area contributed by atoms with Gasteiger partial charge in [0.05, 0.1) is 6.54 Å². The largest absolute Gasteiger partial charge is 0.398 e. The second-order valence-corrected chi connectivity index (χ2v) is 8.66. The van der Waals surface area contributed by atoms with Crippen molar-refractivity contribution in [3.05, 3.63) is 58.1 Å². The average molecular weight is 473 g/mol. The fourth-order valence-corrected chi connectivity index (χ4v) is 4.84. The van der Waals surface area contributed by atoms with Crippen LogP contribution in [0.1, 0.15) is 24.0 Å². The Bertz CT molecular complexity index is 975. The average Bonchev–Trinajstić information content (AvgIpc) is 2.91. The number of hydrazine groups is 1. The highest BCUT2D eigenvalue weighted by molar-refractivity contribution is 9.10. The zero-order valence-corrected chi connectivity index (χ0v) is 18.1. The minimum atomic E-state index is -1.01. The van der Waals surface area contributed by atoms with Crippen LogP contribution >= 0.6 is 15.9 Å². The molecular formula is C21H25BrN6O2. The molecule has 0 bridgehead atoms. The number of halogens is 1. The fourth-order valence-electron chi connectivity index (χ4n) is 4.38. The Morgan fingerprint density at radius 1 is 1.07 bits per heavy atom. The smallest absolute Gasteiger partial charge is 0.342 e. The summed E-state index contributed by atoms with van der Waals surface area (Å²) in [7, 11) is 0. The maximum Gasteiger partial charge on any atom is 0.342 e. The van der Waals surface area contributed by atoms with Crippen LogP contribution in [-0.4, -0.2) is 40.5 Å². The summed E-state index contributed by atoms with van der Waals surface area (Å²) in [5.74, 6) is 5.94. The van der Waals surface area contributed by atoms with Gasteiger partial charge in [0, 0.05) is 41.0 Å². The summed E-state index contributed by atoms with van der Waals surface area (Å²) in [5.41, 5.74) is 14.4. The van der Waals surface area contributed by atoms with Crippen LogP contribution in [0.25, 0.3) is 0 Å². The Morgan fingerprint density at radius 2 is 1.73 bits per heavy atom. The van der Waals surface area contributed by atoms with Gasteiger partial charge in [-0.25, -0.2) is 15.6 Å². The van der Waals surface area contributed by atoms with Gasteiger partial charge in [0.25, 0.3) is 5.91 Å². The first kappa shape index (κ1) is 20.6. The molecule has 6 N–H and O–H groups in total. The lowest BCUT2D eigenvalue weighted by Crippen LogP contribution is -2.59. The van der Waals surface area contributed by atoms with E-state index in [1.165, 1.54) is 4.90 Å². The van der Waals surface area contributed by atoms with Crippen LogP contribution in [0.3, 0.4) is 0 Å². The predicted octanol–water partition coefficient (Wildman–Crippen LogP) is 2.17. The lowest BCUT2D eigenvalue weighted by atomic mass is 9.86. The number of carbonyl (C=O) groups is 2. The SMILES string of the molecule is NCc1c(N)cc(Br)cc1N1CCC2(CC1)C(=O)N(Cc1ccccc1)C(=O)N2N. The van der Waals surface area contributed by atoms with Gasteiger partial charge in [0.15, 0.2) is 0 Å². The number of carbonyl (C=O) groups excluding carboxylic acids is 2. The third-order valence-corrected chi connectivity index (χ3v) is 6.54. The van der Waals surface area contributed by atoms with E-state index in [1.54, 1.807) is 0 Å². The van der Waals surface area contributed by atoms with E-state index in [-0.39, 0.29) is 12.5 Å². The monoisotopic (exact) mass is 472 g/mol. The van der Waals surface area contributed by atoms with Crippen LogP contribution < -0.4 is 22.2 Å². The van der Waals surface area contributed by atoms with Crippen molar-refractivity contribution >= 4 is 39.2 Å². The molecule has 158 valence electrons. The lowest BCUT2D eigenvalue weighted by molar-refractivity contribution is -0.134. The number of piperidine rings is 1. The number of amides is 3. The molecule has 2 aromatic carbocycles. The molecule has 4 rings (SSSR count). The molecule has 0 aliphatic carbocycles. The van der Waals surface area contributed by atoms with Crippen molar-refractivity contribution in [3.8, 4) is 0 Å². The van der Waals surface area contributed by atoms with E-state index in [9.17, 15) is 9.59 Å². The molecule has 2 aliphatic rings. The number of rotatable bonds is 4. The second kappa shape index (κ2) is 7.90. The zero-order valence-electron chi connectivity index (χ0n) is 16.6.